The van der Waals surface area contributed by atoms with E-state index in [2.05, 4.69) is 30.6 Å². The lowest BCUT2D eigenvalue weighted by Crippen LogP contribution is -2.49. The summed E-state index contributed by atoms with van der Waals surface area (Å²) in [6.07, 6.45) is -2.58. The van der Waals surface area contributed by atoms with Crippen LogP contribution in [-0.4, -0.2) is 55.4 Å². The second-order valence-electron chi connectivity index (χ2n) is 9.69. The van der Waals surface area contributed by atoms with E-state index < -0.39 is 36.8 Å². The molecule has 1 spiro atoms. The quantitative estimate of drug-likeness (QED) is 0.319. The molecule has 1 fully saturated rings. The number of ether oxygens (including phenoxy) is 1. The number of nitrogens with zero attached hydrogens (tertiary/aromatic N) is 7. The number of H-pyrrole nitrogens is 1. The van der Waals surface area contributed by atoms with Crippen LogP contribution in [0.25, 0.3) is 33.3 Å². The highest BCUT2D eigenvalue weighted by atomic mass is 19.4. The Hall–Kier alpha value is -4.71. The summed E-state index contributed by atoms with van der Waals surface area (Å²) < 4.78 is 72.8. The van der Waals surface area contributed by atoms with Gasteiger partial charge in [-0.1, -0.05) is 0 Å². The number of halogens is 3. The van der Waals surface area contributed by atoms with E-state index in [0.29, 0.717) is 12.8 Å². The van der Waals surface area contributed by atoms with Crippen LogP contribution in [0.4, 0.5) is 24.8 Å². The lowest BCUT2D eigenvalue weighted by Gasteiger charge is -2.37. The second-order valence-corrected chi connectivity index (χ2v) is 9.69. The first kappa shape index (κ1) is 22.1. The maximum Gasteiger partial charge on any atom is 0.486 e. The average Bonchev–Trinajstić information content (AvgIpc) is 3.56. The molecule has 0 saturated heterocycles. The number of hydrogen-bond acceptors (Lipinski definition) is 10. The van der Waals surface area contributed by atoms with Gasteiger partial charge in [0.1, 0.15) is 23.1 Å². The van der Waals surface area contributed by atoms with Crippen LogP contribution in [0.3, 0.4) is 0 Å². The molecule has 4 aromatic heterocycles. The molecule has 1 aliphatic heterocycles. The predicted molar refractivity (Wildman–Crippen MR) is 138 cm³/mol. The van der Waals surface area contributed by atoms with Crippen molar-refractivity contribution in [3.05, 3.63) is 39.6 Å². The Morgan fingerprint density at radius 3 is 2.80 bits per heavy atom. The predicted octanol–water partition coefficient (Wildman–Crippen LogP) is 2.71. The first-order valence-corrected chi connectivity index (χ1v) is 12.1. The van der Waals surface area contributed by atoms with Crippen molar-refractivity contribution < 1.29 is 22.0 Å². The van der Waals surface area contributed by atoms with Gasteiger partial charge in [0.25, 0.3) is 5.56 Å². The number of aromatic nitrogens is 6. The number of nitrogens with two attached hydrogens (primary N) is 1. The minimum Gasteiger partial charge on any atom is -0.480 e. The number of aryl methyl sites for hydroxylation is 2. The highest BCUT2D eigenvalue weighted by molar-refractivity contribution is 5.97. The van der Waals surface area contributed by atoms with Crippen molar-refractivity contribution in [3.8, 4) is 34.3 Å². The summed E-state index contributed by atoms with van der Waals surface area (Å²) in [6, 6.07) is 3.50. The van der Waals surface area contributed by atoms with Crippen molar-refractivity contribution in [2.24, 2.45) is 12.8 Å². The molecule has 0 amide bonds. The fourth-order valence-corrected chi connectivity index (χ4v) is 5.11. The molecule has 0 aromatic carbocycles. The lowest BCUT2D eigenvalue weighted by atomic mass is 9.97. The number of rotatable bonds is 4. The molecule has 0 unspecified atom stereocenters. The number of pyridine rings is 2. The molecule has 12 nitrogen and oxygen atoms in total. The summed E-state index contributed by atoms with van der Waals surface area (Å²) in [7, 11) is 1.56. The third-order valence-corrected chi connectivity index (χ3v) is 7.17. The Labute approximate surface area is 228 Å². The van der Waals surface area contributed by atoms with Gasteiger partial charge >= 0.3 is 6.30 Å². The van der Waals surface area contributed by atoms with Gasteiger partial charge in [0.2, 0.25) is 0 Å². The molecule has 0 bridgehead atoms. The van der Waals surface area contributed by atoms with Crippen molar-refractivity contribution >= 4 is 22.4 Å². The highest BCUT2D eigenvalue weighted by Gasteiger charge is 2.57. The van der Waals surface area contributed by atoms with Crippen LogP contribution >= 0.6 is 0 Å². The van der Waals surface area contributed by atoms with E-state index in [9.17, 15) is 23.2 Å². The second kappa shape index (κ2) is 8.65. The molecule has 206 valence electrons. The zero-order valence-corrected chi connectivity index (χ0v) is 21.1. The maximum absolute atomic E-state index is 14.1. The zero-order chi connectivity index (χ0) is 31.1. The van der Waals surface area contributed by atoms with Gasteiger partial charge in [0.15, 0.2) is 11.6 Å². The molecule has 4 N–H and O–H groups in total. The fourth-order valence-electron chi connectivity index (χ4n) is 5.11. The molecule has 2 aliphatic rings. The van der Waals surface area contributed by atoms with Crippen LogP contribution in [0.5, 0.6) is 5.75 Å². The molecule has 40 heavy (non-hydrogen) atoms. The highest BCUT2D eigenvalue weighted by Crippen LogP contribution is 2.53. The first-order chi connectivity index (χ1) is 20.2. The smallest absolute Gasteiger partial charge is 0.480 e. The first-order valence-electron chi connectivity index (χ1n) is 13.6. The average molecular weight is 556 g/mol. The summed E-state index contributed by atoms with van der Waals surface area (Å²) >= 11 is 0. The third-order valence-electron chi connectivity index (χ3n) is 7.17. The molecule has 15 heteroatoms. The molecule has 6 rings (SSSR count). The number of nitrogens with one attached hydrogen (secondary N) is 2. The lowest BCUT2D eigenvalue weighted by molar-refractivity contribution is -0.136. The van der Waals surface area contributed by atoms with Gasteiger partial charge in [-0.05, 0) is 25.8 Å². The standard InChI is InChI=1S/C25H23F3N10O2/c1-11-17(13(7-29)20-22(33-11)38(25(26,27)28)10-24(40-20)4-5-24)19-14(9-32-37(19)3)15-6-12-16(8-30)35-36-23(39)18(12)21(31-2)34-15/h6,9H,4-5,8,10,30H2,1-3H3,(H,31,34)(H,36,39)/i2D3. The topological polar surface area (TPSA) is 164 Å². The summed E-state index contributed by atoms with van der Waals surface area (Å²) in [4.78, 5) is 21.6. The van der Waals surface area contributed by atoms with Gasteiger partial charge < -0.3 is 15.8 Å². The van der Waals surface area contributed by atoms with Crippen molar-refractivity contribution in [1.29, 1.82) is 5.26 Å². The fraction of sp³-hybridized carbons (Fsp3) is 0.360. The Balaban J connectivity index is 1.62. The summed E-state index contributed by atoms with van der Waals surface area (Å²) in [5.74, 6) is -1.06. The van der Waals surface area contributed by atoms with E-state index in [4.69, 9.17) is 14.6 Å². The van der Waals surface area contributed by atoms with Crippen molar-refractivity contribution in [2.75, 3.05) is 23.7 Å². The van der Waals surface area contributed by atoms with E-state index >= 15 is 0 Å². The van der Waals surface area contributed by atoms with E-state index in [1.807, 2.05) is 6.07 Å². The monoisotopic (exact) mass is 555 g/mol. The van der Waals surface area contributed by atoms with Crippen LogP contribution in [0.1, 0.15) is 33.9 Å². The number of hydrogen-bond donors (Lipinski definition) is 3. The maximum atomic E-state index is 14.1. The number of alkyl halides is 3. The zero-order valence-electron chi connectivity index (χ0n) is 24.1. The number of nitriles is 1. The van der Waals surface area contributed by atoms with Gasteiger partial charge in [-0.3, -0.25) is 14.4 Å². The summed E-state index contributed by atoms with van der Waals surface area (Å²) in [5.41, 5.74) is 5.05. The van der Waals surface area contributed by atoms with E-state index in [-0.39, 0.29) is 73.3 Å². The SMILES string of the molecule is [2H]C([2H])([2H])Nc1nc(-c2cnn(C)c2-c2c(C)nc3c(c2C#N)OC2(CC2)CN3C(F)(F)F)cc2c(CN)n[nH]c(=O)c12. The Morgan fingerprint density at radius 1 is 1.38 bits per heavy atom. The van der Waals surface area contributed by atoms with Gasteiger partial charge in [-0.2, -0.15) is 28.6 Å². The molecule has 0 atom stereocenters. The minimum absolute atomic E-state index is 0.0829. The molecule has 0 radical (unpaired) electrons. The Bertz CT molecular complexity index is 1910. The molecule has 4 aromatic rings. The number of anilines is 2. The van der Waals surface area contributed by atoms with E-state index in [1.54, 1.807) is 7.05 Å². The Morgan fingerprint density at radius 2 is 2.15 bits per heavy atom. The largest absolute Gasteiger partial charge is 0.486 e. The van der Waals surface area contributed by atoms with Crippen LogP contribution < -0.4 is 26.2 Å². The summed E-state index contributed by atoms with van der Waals surface area (Å²) in [6.45, 7) is -1.81. The summed E-state index contributed by atoms with van der Waals surface area (Å²) in [5, 5.41) is 23.3. The van der Waals surface area contributed by atoms with Gasteiger partial charge in [-0.25, -0.2) is 15.1 Å². The minimum atomic E-state index is -4.76. The van der Waals surface area contributed by atoms with Crippen LogP contribution in [0, 0.1) is 18.3 Å². The van der Waals surface area contributed by atoms with Crippen molar-refractivity contribution in [1.82, 2.24) is 29.9 Å². The number of aromatic amines is 1. The molecule has 1 aliphatic carbocycles. The Kier molecular flexibility index (Phi) is 4.79. The molecular formula is C25H23F3N10O2. The van der Waals surface area contributed by atoms with Crippen molar-refractivity contribution in [2.45, 2.75) is 38.2 Å². The third kappa shape index (κ3) is 3.74. The van der Waals surface area contributed by atoms with Crippen LogP contribution in [0.15, 0.2) is 17.1 Å². The van der Waals surface area contributed by atoms with Gasteiger partial charge in [0, 0.05) is 41.2 Å². The molecule has 5 heterocycles. The van der Waals surface area contributed by atoms with Crippen LogP contribution in [-0.2, 0) is 13.6 Å². The normalized spacial score (nSPS) is 17.0. The van der Waals surface area contributed by atoms with E-state index in [1.165, 1.54) is 23.9 Å². The molecule has 1 saturated carbocycles. The molecular weight excluding hydrogens is 529 g/mol. The van der Waals surface area contributed by atoms with Crippen molar-refractivity contribution in [3.63, 3.8) is 0 Å². The van der Waals surface area contributed by atoms with Gasteiger partial charge in [0.05, 0.1) is 40.9 Å². The number of fused-ring (bicyclic) bond motifs is 2. The van der Waals surface area contributed by atoms with Gasteiger partial charge in [-0.15, -0.1) is 0 Å². The van der Waals surface area contributed by atoms with E-state index in [0.717, 1.165) is 0 Å². The van der Waals surface area contributed by atoms with Crippen LogP contribution in [0.2, 0.25) is 0 Å².